The van der Waals surface area contributed by atoms with Crippen molar-refractivity contribution in [3.63, 3.8) is 0 Å². The average Bonchev–Trinajstić information content (AvgIpc) is 2.96. The molecule has 4 heterocycles. The second kappa shape index (κ2) is 4.84. The second-order valence-corrected chi connectivity index (χ2v) is 6.57. The number of nitrogens with zero attached hydrogens (tertiary/aromatic N) is 3. The molecule has 5 N–H and O–H groups in total. The number of H-pyrrole nitrogens is 1. The Morgan fingerprint density at radius 2 is 2.30 bits per heavy atom. The lowest BCUT2D eigenvalue weighted by atomic mass is 10.1. The van der Waals surface area contributed by atoms with Crippen molar-refractivity contribution in [2.75, 3.05) is 12.3 Å². The van der Waals surface area contributed by atoms with Crippen molar-refractivity contribution in [1.29, 1.82) is 0 Å². The van der Waals surface area contributed by atoms with E-state index in [1.165, 1.54) is 10.9 Å². The van der Waals surface area contributed by atoms with Crippen LogP contribution in [-0.4, -0.2) is 54.4 Å². The number of aromatic amines is 1. The molecule has 0 radical (unpaired) electrons. The van der Waals surface area contributed by atoms with Crippen LogP contribution in [0.15, 0.2) is 11.1 Å². The maximum Gasteiger partial charge on any atom is 0.472 e. The quantitative estimate of drug-likeness (QED) is 0.444. The van der Waals surface area contributed by atoms with Crippen molar-refractivity contribution in [2.45, 2.75) is 24.5 Å². The predicted octanol–water partition coefficient (Wildman–Crippen LogP) is -1.52. The molecule has 0 amide bonds. The summed E-state index contributed by atoms with van der Waals surface area (Å²) in [6.07, 6.45) is -3.02. The molecule has 13 heteroatoms. The third-order valence-electron chi connectivity index (χ3n) is 3.69. The molecular formula is C10H12N5O7P. The highest BCUT2D eigenvalue weighted by molar-refractivity contribution is 7.47. The van der Waals surface area contributed by atoms with Crippen LogP contribution in [0, 0.1) is 0 Å². The second-order valence-electron chi connectivity index (χ2n) is 5.17. The van der Waals surface area contributed by atoms with Crippen molar-refractivity contribution >= 4 is 24.9 Å². The van der Waals surface area contributed by atoms with Gasteiger partial charge in [-0.2, -0.15) is 4.98 Å². The fourth-order valence-electron chi connectivity index (χ4n) is 2.67. The van der Waals surface area contributed by atoms with E-state index in [9.17, 15) is 19.4 Å². The summed E-state index contributed by atoms with van der Waals surface area (Å²) in [6.45, 7) is -0.315. The standard InChI is InChI=1S/C10H12N5O7P/c11-10-13-7-4(8(17)14-10)12-2-15(7)9-6-5(16)3(21-9)1-20-23(18,19)22-6/h2-3,5-6,9,16H,1H2,(H,18,19)(H3,11,13,14,17)/t3-,5-,6-,9-/m1/s1. The summed E-state index contributed by atoms with van der Waals surface area (Å²) in [7, 11) is -4.31. The van der Waals surface area contributed by atoms with Crippen LogP contribution < -0.4 is 11.3 Å². The molecule has 2 aliphatic rings. The van der Waals surface area contributed by atoms with Crippen LogP contribution in [0.2, 0.25) is 0 Å². The van der Waals surface area contributed by atoms with E-state index < -0.39 is 37.9 Å². The average molecular weight is 345 g/mol. The minimum Gasteiger partial charge on any atom is -0.387 e. The van der Waals surface area contributed by atoms with Gasteiger partial charge in [-0.05, 0) is 0 Å². The summed E-state index contributed by atoms with van der Waals surface area (Å²) in [5.41, 5.74) is 5.10. The van der Waals surface area contributed by atoms with E-state index in [4.69, 9.17) is 15.0 Å². The molecule has 2 bridgehead atoms. The maximum absolute atomic E-state index is 11.8. The molecule has 4 rings (SSSR count). The van der Waals surface area contributed by atoms with Crippen molar-refractivity contribution in [3.8, 4) is 0 Å². The van der Waals surface area contributed by atoms with Gasteiger partial charge in [-0.25, -0.2) is 9.55 Å². The number of ether oxygens (including phenoxy) is 1. The first kappa shape index (κ1) is 14.8. The number of aliphatic hydroxyl groups excluding tert-OH is 1. The fourth-order valence-corrected chi connectivity index (χ4v) is 3.61. The Morgan fingerprint density at radius 1 is 1.52 bits per heavy atom. The molecule has 2 fully saturated rings. The Bertz CT molecular complexity index is 880. The van der Waals surface area contributed by atoms with Crippen molar-refractivity contribution in [1.82, 2.24) is 19.5 Å². The molecule has 0 saturated carbocycles. The molecule has 2 saturated heterocycles. The van der Waals surface area contributed by atoms with Gasteiger partial charge in [0.1, 0.15) is 18.3 Å². The van der Waals surface area contributed by atoms with Gasteiger partial charge >= 0.3 is 7.82 Å². The number of fused-ring (bicyclic) bond motifs is 3. The summed E-state index contributed by atoms with van der Waals surface area (Å²) in [5.74, 6) is -0.125. The van der Waals surface area contributed by atoms with Crippen LogP contribution >= 0.6 is 7.82 Å². The first-order valence-corrected chi connectivity index (χ1v) is 8.07. The van der Waals surface area contributed by atoms with Crippen LogP contribution in [0.1, 0.15) is 6.23 Å². The predicted molar refractivity (Wildman–Crippen MR) is 73.1 cm³/mol. The number of phosphoric acid groups is 1. The van der Waals surface area contributed by atoms with Gasteiger partial charge in [-0.15, -0.1) is 0 Å². The molecule has 0 aromatic carbocycles. The molecule has 0 aliphatic carbocycles. The van der Waals surface area contributed by atoms with E-state index in [0.29, 0.717) is 0 Å². The number of rotatable bonds is 1. The highest BCUT2D eigenvalue weighted by Gasteiger charge is 2.52. The van der Waals surface area contributed by atoms with Crippen molar-refractivity contribution in [2.24, 2.45) is 0 Å². The van der Waals surface area contributed by atoms with E-state index in [0.717, 1.165) is 0 Å². The Kier molecular flexibility index (Phi) is 3.10. The lowest BCUT2D eigenvalue weighted by molar-refractivity contribution is -0.0676. The van der Waals surface area contributed by atoms with Gasteiger partial charge in [0.15, 0.2) is 17.4 Å². The van der Waals surface area contributed by atoms with Gasteiger partial charge < -0.3 is 20.5 Å². The van der Waals surface area contributed by atoms with Crippen molar-refractivity contribution in [3.05, 3.63) is 16.7 Å². The number of anilines is 1. The van der Waals surface area contributed by atoms with Gasteiger partial charge in [-0.1, -0.05) is 0 Å². The summed E-state index contributed by atoms with van der Waals surface area (Å²) in [4.78, 5) is 31.6. The number of imidazole rings is 1. The fraction of sp³-hybridized carbons (Fsp3) is 0.500. The largest absolute Gasteiger partial charge is 0.472 e. The highest BCUT2D eigenvalue weighted by atomic mass is 31.2. The number of hydrogen-bond acceptors (Lipinski definition) is 9. The zero-order chi connectivity index (χ0) is 16.4. The molecule has 0 spiro atoms. The van der Waals surface area contributed by atoms with Crippen LogP contribution in [0.3, 0.4) is 0 Å². The monoisotopic (exact) mass is 345 g/mol. The third kappa shape index (κ3) is 2.27. The molecule has 5 atom stereocenters. The molecule has 2 aliphatic heterocycles. The number of nitrogens with one attached hydrogen (secondary N) is 1. The first-order valence-electron chi connectivity index (χ1n) is 6.57. The van der Waals surface area contributed by atoms with Gasteiger partial charge in [0, 0.05) is 0 Å². The Morgan fingerprint density at radius 3 is 3.09 bits per heavy atom. The number of nitrogen functional groups attached to an aromatic ring is 1. The van der Waals surface area contributed by atoms with E-state index in [2.05, 4.69) is 19.5 Å². The molecule has 2 aromatic rings. The summed E-state index contributed by atoms with van der Waals surface area (Å²) >= 11 is 0. The van der Waals surface area contributed by atoms with Crippen LogP contribution in [-0.2, 0) is 18.3 Å². The molecular weight excluding hydrogens is 333 g/mol. The number of aromatic nitrogens is 4. The number of nitrogens with two attached hydrogens (primary N) is 1. The minimum atomic E-state index is -4.31. The van der Waals surface area contributed by atoms with E-state index in [1.807, 2.05) is 0 Å². The number of hydrogen-bond donors (Lipinski definition) is 4. The third-order valence-corrected chi connectivity index (χ3v) is 4.68. The molecule has 2 aromatic heterocycles. The van der Waals surface area contributed by atoms with Crippen LogP contribution in [0.25, 0.3) is 11.2 Å². The molecule has 23 heavy (non-hydrogen) atoms. The van der Waals surface area contributed by atoms with Crippen LogP contribution in [0.4, 0.5) is 5.95 Å². The topological polar surface area (TPSA) is 175 Å². The summed E-state index contributed by atoms with van der Waals surface area (Å²) in [6, 6.07) is 0. The van der Waals surface area contributed by atoms with Gasteiger partial charge in [0.05, 0.1) is 12.9 Å². The van der Waals surface area contributed by atoms with E-state index >= 15 is 0 Å². The van der Waals surface area contributed by atoms with E-state index in [1.54, 1.807) is 0 Å². The SMILES string of the molecule is Nc1nc2c(ncn2[C@@H]2O[C@@H]3COP(=O)(O)O[C@@H]2[C@@H]3O)c(=O)[nH]1. The van der Waals surface area contributed by atoms with Gasteiger partial charge in [-0.3, -0.25) is 23.4 Å². The van der Waals surface area contributed by atoms with Crippen molar-refractivity contribution < 1.29 is 28.3 Å². The summed E-state index contributed by atoms with van der Waals surface area (Å²) < 4.78 is 28.3. The number of phosphoric ester groups is 1. The Hall–Kier alpha value is -1.82. The Balaban J connectivity index is 1.82. The molecule has 1 unspecified atom stereocenters. The number of aliphatic hydroxyl groups is 1. The lowest BCUT2D eigenvalue weighted by Gasteiger charge is -2.23. The van der Waals surface area contributed by atoms with Crippen LogP contribution in [0.5, 0.6) is 0 Å². The van der Waals surface area contributed by atoms with Gasteiger partial charge in [0.2, 0.25) is 5.95 Å². The first-order chi connectivity index (χ1) is 10.9. The lowest BCUT2D eigenvalue weighted by Crippen LogP contribution is -2.32. The van der Waals surface area contributed by atoms with E-state index in [-0.39, 0.29) is 23.7 Å². The zero-order valence-corrected chi connectivity index (χ0v) is 12.3. The zero-order valence-electron chi connectivity index (χ0n) is 11.4. The smallest absolute Gasteiger partial charge is 0.387 e. The normalized spacial score (nSPS) is 37.1. The molecule has 124 valence electrons. The molecule has 12 nitrogen and oxygen atoms in total. The Labute approximate surface area is 127 Å². The van der Waals surface area contributed by atoms with Gasteiger partial charge in [0.25, 0.3) is 5.56 Å². The minimum absolute atomic E-state index is 0.0139. The summed E-state index contributed by atoms with van der Waals surface area (Å²) in [5, 5.41) is 10.2. The highest BCUT2D eigenvalue weighted by Crippen LogP contribution is 2.52. The maximum atomic E-state index is 11.8.